The highest BCUT2D eigenvalue weighted by Crippen LogP contribution is 2.35. The minimum Gasteiger partial charge on any atom is -0.102 e. The Labute approximate surface area is 58.5 Å². The van der Waals surface area contributed by atoms with Crippen LogP contribution < -0.4 is 0 Å². The topological polar surface area (TPSA) is 0 Å². The molecule has 1 unspecified atom stereocenters. The molecule has 0 bridgehead atoms. The highest BCUT2D eigenvalue weighted by Gasteiger charge is 2.09. The van der Waals surface area contributed by atoms with Crippen molar-refractivity contribution in [2.75, 3.05) is 5.75 Å². The first-order valence-corrected chi connectivity index (χ1v) is 5.22. The van der Waals surface area contributed by atoms with E-state index in [2.05, 4.69) is 12.7 Å². The van der Waals surface area contributed by atoms with Gasteiger partial charge >= 0.3 is 0 Å². The van der Waals surface area contributed by atoms with Crippen LogP contribution in [0.5, 0.6) is 0 Å². The Morgan fingerprint density at radius 3 is 2.88 bits per heavy atom. The zero-order chi connectivity index (χ0) is 5.82. The average Bonchev–Trinajstić information content (AvgIpc) is 1.90. The maximum Gasteiger partial charge on any atom is 0.0328 e. The maximum atomic E-state index is 3.75. The van der Waals surface area contributed by atoms with Crippen LogP contribution in [0.25, 0.3) is 0 Å². The molecule has 1 heterocycles. The van der Waals surface area contributed by atoms with Crippen molar-refractivity contribution in [3.8, 4) is 0 Å². The molecule has 0 aromatic carbocycles. The van der Waals surface area contributed by atoms with Crippen LogP contribution in [0.3, 0.4) is 0 Å². The van der Waals surface area contributed by atoms with Crippen molar-refractivity contribution >= 4 is 21.6 Å². The molecule has 1 fully saturated rings. The summed E-state index contributed by atoms with van der Waals surface area (Å²) in [5.74, 6) is 1.33. The van der Waals surface area contributed by atoms with Crippen molar-refractivity contribution in [1.29, 1.82) is 0 Å². The fraction of sp³-hybridized carbons (Fsp3) is 0.667. The van der Waals surface area contributed by atoms with Gasteiger partial charge in [0.1, 0.15) is 0 Å². The van der Waals surface area contributed by atoms with Gasteiger partial charge in [-0.1, -0.05) is 27.7 Å². The second-order valence-electron chi connectivity index (χ2n) is 1.83. The smallest absolute Gasteiger partial charge is 0.0328 e. The Hall–Kier alpha value is 0.440. The van der Waals surface area contributed by atoms with Crippen LogP contribution >= 0.6 is 21.6 Å². The lowest BCUT2D eigenvalue weighted by atomic mass is 10.2. The van der Waals surface area contributed by atoms with Gasteiger partial charge in [0.15, 0.2) is 0 Å². The van der Waals surface area contributed by atoms with Crippen LogP contribution in [0, 0.1) is 0 Å². The lowest BCUT2D eigenvalue weighted by Crippen LogP contribution is -2.01. The summed E-state index contributed by atoms with van der Waals surface area (Å²) < 4.78 is 0. The molecule has 0 nitrogen and oxygen atoms in total. The average molecular weight is 146 g/mol. The van der Waals surface area contributed by atoms with Crippen LogP contribution in [-0.4, -0.2) is 11.0 Å². The molecule has 1 atom stereocenters. The predicted molar refractivity (Wildman–Crippen MR) is 43.3 cm³/mol. The fourth-order valence-electron chi connectivity index (χ4n) is 0.684. The highest BCUT2D eigenvalue weighted by molar-refractivity contribution is 8.77. The van der Waals surface area contributed by atoms with Crippen LogP contribution in [0.15, 0.2) is 12.7 Å². The number of rotatable bonds is 1. The second-order valence-corrected chi connectivity index (χ2v) is 4.56. The molecule has 2 heteroatoms. The van der Waals surface area contributed by atoms with E-state index in [9.17, 15) is 0 Å². The molecule has 0 aromatic rings. The van der Waals surface area contributed by atoms with Gasteiger partial charge in [0.05, 0.1) is 0 Å². The number of hydrogen-bond donors (Lipinski definition) is 0. The summed E-state index contributed by atoms with van der Waals surface area (Å²) in [5.41, 5.74) is 0. The molecule has 8 heavy (non-hydrogen) atoms. The van der Waals surface area contributed by atoms with E-state index in [1.165, 1.54) is 18.6 Å². The molecular formula is C6H10S2. The van der Waals surface area contributed by atoms with Gasteiger partial charge in [0, 0.05) is 11.0 Å². The van der Waals surface area contributed by atoms with E-state index >= 15 is 0 Å². The standard InChI is InChI=1S/C6H10S2/c1-2-6-4-3-5-7-8-6/h2,6H,1,3-5H2. The maximum absolute atomic E-state index is 3.75. The van der Waals surface area contributed by atoms with Crippen molar-refractivity contribution in [3.63, 3.8) is 0 Å². The third kappa shape index (κ3) is 1.75. The van der Waals surface area contributed by atoms with Gasteiger partial charge < -0.3 is 0 Å². The first-order valence-electron chi connectivity index (χ1n) is 2.84. The van der Waals surface area contributed by atoms with Crippen LogP contribution in [0.1, 0.15) is 12.8 Å². The van der Waals surface area contributed by atoms with E-state index in [0.29, 0.717) is 0 Å². The highest BCUT2D eigenvalue weighted by atomic mass is 33.1. The van der Waals surface area contributed by atoms with Gasteiger partial charge in [-0.05, 0) is 12.8 Å². The van der Waals surface area contributed by atoms with E-state index in [1.807, 2.05) is 21.6 Å². The third-order valence-corrected chi connectivity index (χ3v) is 4.09. The Balaban J connectivity index is 2.22. The van der Waals surface area contributed by atoms with Crippen molar-refractivity contribution in [2.24, 2.45) is 0 Å². The molecule has 0 aromatic heterocycles. The Morgan fingerprint density at radius 2 is 2.50 bits per heavy atom. The molecule has 1 aliphatic rings. The number of hydrogen-bond acceptors (Lipinski definition) is 2. The van der Waals surface area contributed by atoms with Crippen LogP contribution in [0.2, 0.25) is 0 Å². The van der Waals surface area contributed by atoms with Crippen molar-refractivity contribution in [2.45, 2.75) is 18.1 Å². The van der Waals surface area contributed by atoms with Gasteiger partial charge in [0.25, 0.3) is 0 Å². The summed E-state index contributed by atoms with van der Waals surface area (Å²) in [6.45, 7) is 3.75. The molecular weight excluding hydrogens is 136 g/mol. The molecule has 1 rings (SSSR count). The van der Waals surface area contributed by atoms with E-state index in [-0.39, 0.29) is 0 Å². The Kier molecular flexibility index (Phi) is 2.84. The van der Waals surface area contributed by atoms with E-state index < -0.39 is 0 Å². The molecule has 0 saturated carbocycles. The van der Waals surface area contributed by atoms with Gasteiger partial charge in [-0.25, -0.2) is 0 Å². The molecule has 0 N–H and O–H groups in total. The first-order chi connectivity index (χ1) is 3.93. The molecule has 0 radical (unpaired) electrons. The van der Waals surface area contributed by atoms with Gasteiger partial charge in [0.2, 0.25) is 0 Å². The van der Waals surface area contributed by atoms with Gasteiger partial charge in [-0.2, -0.15) is 0 Å². The molecule has 0 amide bonds. The fourth-order valence-corrected chi connectivity index (χ4v) is 3.27. The Bertz CT molecular complexity index is 74.6. The molecule has 0 spiro atoms. The van der Waals surface area contributed by atoms with Crippen LogP contribution in [-0.2, 0) is 0 Å². The zero-order valence-corrected chi connectivity index (χ0v) is 6.43. The quantitative estimate of drug-likeness (QED) is 0.412. The predicted octanol–water partition coefficient (Wildman–Crippen LogP) is 2.72. The summed E-state index contributed by atoms with van der Waals surface area (Å²) in [7, 11) is 3.93. The van der Waals surface area contributed by atoms with E-state index in [4.69, 9.17) is 0 Å². The molecule has 46 valence electrons. The molecule has 1 saturated heterocycles. The summed E-state index contributed by atoms with van der Waals surface area (Å²) in [6.07, 6.45) is 4.76. The summed E-state index contributed by atoms with van der Waals surface area (Å²) >= 11 is 0. The Morgan fingerprint density at radius 1 is 1.62 bits per heavy atom. The lowest BCUT2D eigenvalue weighted by molar-refractivity contribution is 0.835. The third-order valence-electron chi connectivity index (χ3n) is 1.17. The normalized spacial score (nSPS) is 29.8. The summed E-state index contributed by atoms with van der Waals surface area (Å²) in [4.78, 5) is 0. The van der Waals surface area contributed by atoms with Gasteiger partial charge in [-0.3, -0.25) is 0 Å². The summed E-state index contributed by atoms with van der Waals surface area (Å²) in [5, 5.41) is 0.730. The van der Waals surface area contributed by atoms with Crippen molar-refractivity contribution < 1.29 is 0 Å². The van der Waals surface area contributed by atoms with Crippen molar-refractivity contribution in [1.82, 2.24) is 0 Å². The van der Waals surface area contributed by atoms with E-state index in [1.54, 1.807) is 0 Å². The lowest BCUT2D eigenvalue weighted by Gasteiger charge is -2.15. The minimum absolute atomic E-state index is 0.730. The first kappa shape index (κ1) is 6.56. The minimum atomic E-state index is 0.730. The molecule has 0 aliphatic carbocycles. The van der Waals surface area contributed by atoms with Gasteiger partial charge in [-0.15, -0.1) is 6.58 Å². The van der Waals surface area contributed by atoms with E-state index in [0.717, 1.165) is 5.25 Å². The molecule has 1 aliphatic heterocycles. The second kappa shape index (κ2) is 3.46. The monoisotopic (exact) mass is 146 g/mol. The SMILES string of the molecule is C=CC1CCCSS1. The van der Waals surface area contributed by atoms with Crippen LogP contribution in [0.4, 0.5) is 0 Å². The zero-order valence-electron chi connectivity index (χ0n) is 4.80. The largest absolute Gasteiger partial charge is 0.102 e. The van der Waals surface area contributed by atoms with Crippen molar-refractivity contribution in [3.05, 3.63) is 12.7 Å². The summed E-state index contributed by atoms with van der Waals surface area (Å²) in [6, 6.07) is 0.